The van der Waals surface area contributed by atoms with Crippen LogP contribution >= 0.6 is 0 Å². The van der Waals surface area contributed by atoms with Crippen LogP contribution in [0.15, 0.2) is 0 Å². The van der Waals surface area contributed by atoms with Crippen molar-refractivity contribution in [2.75, 3.05) is 13.1 Å². The molecule has 3 rings (SSSR count). The standard InChI is InChI=1S/C13H25N/c1-5-11-12(13(2,3)4)10-6-8-14(11)9-7-10/h10-12H,5-9H2,1-4H3/t11-,12-/m1/s1. The Hall–Kier alpha value is -0.0400. The van der Waals surface area contributed by atoms with E-state index in [-0.39, 0.29) is 0 Å². The van der Waals surface area contributed by atoms with Crippen molar-refractivity contribution in [1.29, 1.82) is 0 Å². The zero-order chi connectivity index (χ0) is 10.3. The molecule has 2 bridgehead atoms. The average Bonchev–Trinajstić information content (AvgIpc) is 2.16. The van der Waals surface area contributed by atoms with Crippen molar-refractivity contribution < 1.29 is 0 Å². The molecule has 0 radical (unpaired) electrons. The van der Waals surface area contributed by atoms with Crippen molar-refractivity contribution in [3.63, 3.8) is 0 Å². The van der Waals surface area contributed by atoms with Gasteiger partial charge in [0.1, 0.15) is 0 Å². The van der Waals surface area contributed by atoms with Crippen LogP contribution in [0.25, 0.3) is 0 Å². The molecule has 0 N–H and O–H groups in total. The predicted octanol–water partition coefficient (Wildman–Crippen LogP) is 3.15. The third kappa shape index (κ3) is 1.60. The summed E-state index contributed by atoms with van der Waals surface area (Å²) < 4.78 is 0. The van der Waals surface area contributed by atoms with Crippen LogP contribution in [0.1, 0.15) is 47.0 Å². The molecule has 0 aromatic heterocycles. The van der Waals surface area contributed by atoms with Crippen molar-refractivity contribution in [3.8, 4) is 0 Å². The Morgan fingerprint density at radius 1 is 1.14 bits per heavy atom. The second kappa shape index (κ2) is 3.52. The van der Waals surface area contributed by atoms with Gasteiger partial charge in [0, 0.05) is 6.04 Å². The number of fused-ring (bicyclic) bond motifs is 3. The topological polar surface area (TPSA) is 3.24 Å². The minimum atomic E-state index is 0.504. The fourth-order valence-corrected chi connectivity index (χ4v) is 3.95. The predicted molar refractivity (Wildman–Crippen MR) is 61.3 cm³/mol. The van der Waals surface area contributed by atoms with Crippen LogP contribution in [0.5, 0.6) is 0 Å². The lowest BCUT2D eigenvalue weighted by Gasteiger charge is -2.55. The Bertz CT molecular complexity index is 196. The summed E-state index contributed by atoms with van der Waals surface area (Å²) in [4.78, 5) is 2.75. The fourth-order valence-electron chi connectivity index (χ4n) is 3.95. The van der Waals surface area contributed by atoms with Crippen LogP contribution in [0.4, 0.5) is 0 Å². The minimum Gasteiger partial charge on any atom is -0.300 e. The van der Waals surface area contributed by atoms with Crippen LogP contribution in [0.2, 0.25) is 0 Å². The van der Waals surface area contributed by atoms with E-state index in [0.29, 0.717) is 5.41 Å². The molecular weight excluding hydrogens is 170 g/mol. The quantitative estimate of drug-likeness (QED) is 0.621. The Kier molecular flexibility index (Phi) is 2.63. The minimum absolute atomic E-state index is 0.504. The molecule has 3 fully saturated rings. The molecule has 0 aromatic carbocycles. The van der Waals surface area contributed by atoms with Crippen molar-refractivity contribution >= 4 is 0 Å². The molecule has 1 nitrogen and oxygen atoms in total. The number of hydrogen-bond acceptors (Lipinski definition) is 1. The van der Waals surface area contributed by atoms with Crippen molar-refractivity contribution in [1.82, 2.24) is 4.90 Å². The van der Waals surface area contributed by atoms with Gasteiger partial charge < -0.3 is 4.90 Å². The van der Waals surface area contributed by atoms with E-state index < -0.39 is 0 Å². The monoisotopic (exact) mass is 195 g/mol. The van der Waals surface area contributed by atoms with Crippen molar-refractivity contribution in [3.05, 3.63) is 0 Å². The third-order valence-corrected chi connectivity index (χ3v) is 4.38. The number of hydrogen-bond donors (Lipinski definition) is 0. The van der Waals surface area contributed by atoms with Crippen LogP contribution < -0.4 is 0 Å². The first-order valence-electron chi connectivity index (χ1n) is 6.28. The van der Waals surface area contributed by atoms with Gasteiger partial charge in [0.15, 0.2) is 0 Å². The Labute approximate surface area is 88.9 Å². The highest BCUT2D eigenvalue weighted by Gasteiger charge is 2.45. The summed E-state index contributed by atoms with van der Waals surface area (Å²) in [5.41, 5.74) is 0.504. The lowest BCUT2D eigenvalue weighted by molar-refractivity contribution is -0.0604. The highest BCUT2D eigenvalue weighted by Crippen LogP contribution is 2.47. The van der Waals surface area contributed by atoms with Crippen LogP contribution in [-0.4, -0.2) is 24.0 Å². The highest BCUT2D eigenvalue weighted by molar-refractivity contribution is 4.98. The summed E-state index contributed by atoms with van der Waals surface area (Å²) >= 11 is 0. The van der Waals surface area contributed by atoms with Crippen molar-refractivity contribution in [2.24, 2.45) is 17.3 Å². The molecule has 14 heavy (non-hydrogen) atoms. The largest absolute Gasteiger partial charge is 0.300 e. The van der Waals surface area contributed by atoms with Crippen LogP contribution in [0.3, 0.4) is 0 Å². The second-order valence-corrected chi connectivity index (χ2v) is 6.24. The molecule has 0 amide bonds. The van der Waals surface area contributed by atoms with E-state index in [1.165, 1.54) is 32.4 Å². The zero-order valence-corrected chi connectivity index (χ0v) is 10.2. The average molecular weight is 195 g/mol. The summed E-state index contributed by atoms with van der Waals surface area (Å²) in [7, 11) is 0. The number of piperidine rings is 3. The van der Waals surface area contributed by atoms with Gasteiger partial charge in [-0.15, -0.1) is 0 Å². The van der Waals surface area contributed by atoms with Crippen LogP contribution in [0, 0.1) is 17.3 Å². The second-order valence-electron chi connectivity index (χ2n) is 6.24. The molecule has 0 aliphatic carbocycles. The van der Waals surface area contributed by atoms with E-state index in [2.05, 4.69) is 32.6 Å². The number of rotatable bonds is 1. The summed E-state index contributed by atoms with van der Waals surface area (Å²) in [6.07, 6.45) is 4.26. The first-order valence-corrected chi connectivity index (χ1v) is 6.28. The molecule has 82 valence electrons. The van der Waals surface area contributed by atoms with E-state index in [1.807, 2.05) is 0 Å². The third-order valence-electron chi connectivity index (χ3n) is 4.38. The molecule has 3 aliphatic heterocycles. The van der Waals surface area contributed by atoms with Crippen molar-refractivity contribution in [2.45, 2.75) is 53.0 Å². The maximum atomic E-state index is 2.75. The summed E-state index contributed by atoms with van der Waals surface area (Å²) in [5.74, 6) is 1.96. The SMILES string of the molecule is CC[C@@H]1[C@H](C(C)(C)C)C2CCN1CC2. The van der Waals surface area contributed by atoms with Gasteiger partial charge in [0.05, 0.1) is 0 Å². The molecule has 0 aromatic rings. The van der Waals surface area contributed by atoms with Gasteiger partial charge in [0.2, 0.25) is 0 Å². The first kappa shape index (κ1) is 10.5. The first-order chi connectivity index (χ1) is 6.54. The zero-order valence-electron chi connectivity index (χ0n) is 10.2. The highest BCUT2D eigenvalue weighted by atomic mass is 15.2. The summed E-state index contributed by atoms with van der Waals surface area (Å²) in [5, 5.41) is 0. The molecule has 0 unspecified atom stereocenters. The maximum absolute atomic E-state index is 2.75. The van der Waals surface area contributed by atoms with Gasteiger partial charge in [-0.2, -0.15) is 0 Å². The van der Waals surface area contributed by atoms with E-state index in [1.54, 1.807) is 0 Å². The molecular formula is C13H25N. The van der Waals surface area contributed by atoms with Gasteiger partial charge in [-0.05, 0) is 49.6 Å². The Morgan fingerprint density at radius 3 is 2.07 bits per heavy atom. The molecule has 0 spiro atoms. The Balaban J connectivity index is 2.20. The van der Waals surface area contributed by atoms with E-state index in [9.17, 15) is 0 Å². The lowest BCUT2D eigenvalue weighted by Crippen LogP contribution is -2.57. The van der Waals surface area contributed by atoms with Crippen LogP contribution in [-0.2, 0) is 0 Å². The molecule has 1 heteroatoms. The maximum Gasteiger partial charge on any atom is 0.0128 e. The molecule has 2 atom stereocenters. The Morgan fingerprint density at radius 2 is 1.71 bits per heavy atom. The normalized spacial score (nSPS) is 42.9. The van der Waals surface area contributed by atoms with E-state index in [0.717, 1.165) is 17.9 Å². The van der Waals surface area contributed by atoms with Gasteiger partial charge in [0.25, 0.3) is 0 Å². The van der Waals surface area contributed by atoms with Gasteiger partial charge in [-0.3, -0.25) is 0 Å². The van der Waals surface area contributed by atoms with E-state index >= 15 is 0 Å². The molecule has 3 saturated heterocycles. The smallest absolute Gasteiger partial charge is 0.0128 e. The summed E-state index contributed by atoms with van der Waals surface area (Å²) in [6, 6.07) is 0.877. The summed E-state index contributed by atoms with van der Waals surface area (Å²) in [6.45, 7) is 12.4. The van der Waals surface area contributed by atoms with Gasteiger partial charge in [-0.1, -0.05) is 27.7 Å². The van der Waals surface area contributed by atoms with Gasteiger partial charge >= 0.3 is 0 Å². The lowest BCUT2D eigenvalue weighted by atomic mass is 9.62. The molecule has 3 heterocycles. The number of nitrogens with zero attached hydrogens (tertiary/aromatic N) is 1. The molecule has 0 saturated carbocycles. The fraction of sp³-hybridized carbons (Fsp3) is 1.00. The van der Waals surface area contributed by atoms with E-state index in [4.69, 9.17) is 0 Å². The van der Waals surface area contributed by atoms with Gasteiger partial charge in [-0.25, -0.2) is 0 Å². The molecule has 3 aliphatic rings.